The maximum Gasteiger partial charge on any atom is 0.242 e. The van der Waals surface area contributed by atoms with Crippen LogP contribution >= 0.6 is 35.0 Å². The number of thioether (sulfide) groups is 1. The predicted molar refractivity (Wildman–Crippen MR) is 123 cm³/mol. The normalized spacial score (nSPS) is 11.7. The number of carbonyl (C=O) groups excluding carboxylic acids is 2. The number of benzene rings is 2. The summed E-state index contributed by atoms with van der Waals surface area (Å²) in [6.45, 7) is 2.40. The van der Waals surface area contributed by atoms with Crippen molar-refractivity contribution in [3.63, 3.8) is 0 Å². The largest absolute Gasteiger partial charge is 0.357 e. The quantitative estimate of drug-likeness (QED) is 0.561. The first kappa shape index (κ1) is 23.6. The Morgan fingerprint density at radius 2 is 1.72 bits per heavy atom. The lowest BCUT2D eigenvalue weighted by molar-refractivity contribution is -0.138. The highest BCUT2D eigenvalue weighted by Gasteiger charge is 2.27. The first-order valence-corrected chi connectivity index (χ1v) is 11.4. The van der Waals surface area contributed by atoms with Gasteiger partial charge in [-0.05, 0) is 36.1 Å². The second-order valence-electron chi connectivity index (χ2n) is 6.55. The molecule has 0 saturated carbocycles. The van der Waals surface area contributed by atoms with Gasteiger partial charge in [0.25, 0.3) is 0 Å². The SMILES string of the molecule is CCC(C(=O)NC)N(CCc1ccccc1)C(=O)CSCc1c(Cl)cccc1Cl. The van der Waals surface area contributed by atoms with E-state index in [0.717, 1.165) is 11.1 Å². The molecule has 0 spiro atoms. The summed E-state index contributed by atoms with van der Waals surface area (Å²) >= 11 is 13.9. The van der Waals surface area contributed by atoms with Crippen LogP contribution in [0.1, 0.15) is 24.5 Å². The van der Waals surface area contributed by atoms with E-state index in [1.165, 1.54) is 11.8 Å². The molecule has 1 atom stereocenters. The number of hydrogen-bond acceptors (Lipinski definition) is 3. The van der Waals surface area contributed by atoms with Gasteiger partial charge in [0.1, 0.15) is 6.04 Å². The van der Waals surface area contributed by atoms with Crippen LogP contribution in [0, 0.1) is 0 Å². The number of hydrogen-bond donors (Lipinski definition) is 1. The fourth-order valence-corrected chi connectivity index (χ4v) is 4.70. The van der Waals surface area contributed by atoms with Gasteiger partial charge in [-0.15, -0.1) is 11.8 Å². The van der Waals surface area contributed by atoms with Crippen molar-refractivity contribution in [2.24, 2.45) is 0 Å². The molecule has 0 aliphatic rings. The Labute approximate surface area is 187 Å². The minimum atomic E-state index is -0.485. The van der Waals surface area contributed by atoms with Crippen LogP contribution in [0.3, 0.4) is 0 Å². The molecule has 2 rings (SSSR count). The molecule has 1 N–H and O–H groups in total. The summed E-state index contributed by atoms with van der Waals surface area (Å²) in [4.78, 5) is 27.0. The molecule has 0 aliphatic heterocycles. The monoisotopic (exact) mass is 452 g/mol. The van der Waals surface area contributed by atoms with Gasteiger partial charge < -0.3 is 10.2 Å². The Bertz CT molecular complexity index is 797. The summed E-state index contributed by atoms with van der Waals surface area (Å²) in [7, 11) is 1.60. The molecule has 0 radical (unpaired) electrons. The van der Waals surface area contributed by atoms with E-state index in [1.807, 2.05) is 37.3 Å². The van der Waals surface area contributed by atoms with Crippen molar-refractivity contribution in [2.45, 2.75) is 31.6 Å². The van der Waals surface area contributed by atoms with Crippen LogP contribution in [-0.4, -0.2) is 42.1 Å². The van der Waals surface area contributed by atoms with Gasteiger partial charge in [-0.1, -0.05) is 66.5 Å². The molecule has 7 heteroatoms. The van der Waals surface area contributed by atoms with Crippen molar-refractivity contribution in [1.29, 1.82) is 0 Å². The maximum atomic E-state index is 13.0. The second-order valence-corrected chi connectivity index (χ2v) is 8.35. The lowest BCUT2D eigenvalue weighted by Gasteiger charge is -2.30. The predicted octanol–water partition coefficient (Wildman–Crippen LogP) is 4.82. The number of rotatable bonds is 10. The third-order valence-electron chi connectivity index (χ3n) is 4.65. The van der Waals surface area contributed by atoms with E-state index < -0.39 is 6.04 Å². The number of carbonyl (C=O) groups is 2. The molecule has 1 unspecified atom stereocenters. The van der Waals surface area contributed by atoms with Crippen LogP contribution in [0.25, 0.3) is 0 Å². The van der Waals surface area contributed by atoms with Crippen molar-refractivity contribution < 1.29 is 9.59 Å². The molecular formula is C22H26Cl2N2O2S. The van der Waals surface area contributed by atoms with Gasteiger partial charge in [0.15, 0.2) is 0 Å². The lowest BCUT2D eigenvalue weighted by atomic mass is 10.1. The molecule has 2 aromatic carbocycles. The summed E-state index contributed by atoms with van der Waals surface area (Å²) in [5.74, 6) is 0.579. The molecule has 4 nitrogen and oxygen atoms in total. The summed E-state index contributed by atoms with van der Waals surface area (Å²) in [5.41, 5.74) is 1.95. The molecule has 0 bridgehead atoms. The highest BCUT2D eigenvalue weighted by atomic mass is 35.5. The minimum absolute atomic E-state index is 0.0652. The van der Waals surface area contributed by atoms with E-state index in [1.54, 1.807) is 30.1 Å². The highest BCUT2D eigenvalue weighted by Crippen LogP contribution is 2.28. The zero-order valence-corrected chi connectivity index (χ0v) is 19.0. The molecule has 2 aromatic rings. The highest BCUT2D eigenvalue weighted by molar-refractivity contribution is 7.99. The Morgan fingerprint density at radius 3 is 2.31 bits per heavy atom. The fourth-order valence-electron chi connectivity index (χ4n) is 3.06. The molecule has 156 valence electrons. The van der Waals surface area contributed by atoms with Gasteiger partial charge in [-0.3, -0.25) is 9.59 Å². The molecule has 29 heavy (non-hydrogen) atoms. The zero-order valence-electron chi connectivity index (χ0n) is 16.7. The second kappa shape index (κ2) is 12.1. The molecule has 0 aromatic heterocycles. The van der Waals surface area contributed by atoms with Crippen molar-refractivity contribution in [3.8, 4) is 0 Å². The summed E-state index contributed by atoms with van der Waals surface area (Å²) in [6.07, 6.45) is 1.25. The number of nitrogens with zero attached hydrogens (tertiary/aromatic N) is 1. The topological polar surface area (TPSA) is 49.4 Å². The summed E-state index contributed by atoms with van der Waals surface area (Å²) in [5, 5.41) is 3.86. The maximum absolute atomic E-state index is 13.0. The Hall–Kier alpha value is -1.69. The molecule has 0 saturated heterocycles. The van der Waals surface area contributed by atoms with E-state index in [4.69, 9.17) is 23.2 Å². The van der Waals surface area contributed by atoms with Crippen molar-refractivity contribution in [3.05, 3.63) is 69.7 Å². The third-order valence-corrected chi connectivity index (χ3v) is 6.30. The number of halogens is 2. The molecular weight excluding hydrogens is 427 g/mol. The van der Waals surface area contributed by atoms with Gasteiger partial charge in [-0.25, -0.2) is 0 Å². The van der Waals surface area contributed by atoms with Crippen LogP contribution in [0.2, 0.25) is 10.0 Å². The number of amides is 2. The Balaban J connectivity index is 2.05. The Morgan fingerprint density at radius 1 is 1.07 bits per heavy atom. The van der Waals surface area contributed by atoms with Gasteiger partial charge >= 0.3 is 0 Å². The first-order valence-electron chi connectivity index (χ1n) is 9.53. The molecule has 2 amide bonds. The van der Waals surface area contributed by atoms with E-state index in [2.05, 4.69) is 5.32 Å². The average Bonchev–Trinajstić information content (AvgIpc) is 2.73. The smallest absolute Gasteiger partial charge is 0.242 e. The van der Waals surface area contributed by atoms with Crippen LogP contribution in [-0.2, 0) is 21.8 Å². The number of likely N-dealkylation sites (N-methyl/N-ethyl adjacent to an activating group) is 1. The van der Waals surface area contributed by atoms with E-state index in [9.17, 15) is 9.59 Å². The minimum Gasteiger partial charge on any atom is -0.357 e. The first-order chi connectivity index (χ1) is 14.0. The Kier molecular flexibility index (Phi) is 9.85. The average molecular weight is 453 g/mol. The van der Waals surface area contributed by atoms with E-state index in [0.29, 0.717) is 35.2 Å². The van der Waals surface area contributed by atoms with Gasteiger partial charge in [0.2, 0.25) is 11.8 Å². The molecule has 0 fully saturated rings. The van der Waals surface area contributed by atoms with Gasteiger partial charge in [-0.2, -0.15) is 0 Å². The van der Waals surface area contributed by atoms with Crippen molar-refractivity contribution in [1.82, 2.24) is 10.2 Å². The van der Waals surface area contributed by atoms with Gasteiger partial charge in [0, 0.05) is 29.4 Å². The van der Waals surface area contributed by atoms with Gasteiger partial charge in [0.05, 0.1) is 5.75 Å². The van der Waals surface area contributed by atoms with E-state index >= 15 is 0 Å². The van der Waals surface area contributed by atoms with Crippen LogP contribution < -0.4 is 5.32 Å². The van der Waals surface area contributed by atoms with Crippen molar-refractivity contribution >= 4 is 46.8 Å². The third kappa shape index (κ3) is 6.95. The summed E-state index contributed by atoms with van der Waals surface area (Å²) in [6, 6.07) is 14.8. The molecule has 0 aliphatic carbocycles. The standard InChI is InChI=1S/C22H26Cl2N2O2S/c1-3-20(22(28)25-2)26(13-12-16-8-5-4-6-9-16)21(27)15-29-14-17-18(23)10-7-11-19(17)24/h4-11,20H,3,12-15H2,1-2H3,(H,25,28). The van der Waals surface area contributed by atoms with Crippen LogP contribution in [0.4, 0.5) is 0 Å². The fraction of sp³-hybridized carbons (Fsp3) is 0.364. The van der Waals surface area contributed by atoms with Crippen LogP contribution in [0.5, 0.6) is 0 Å². The van der Waals surface area contributed by atoms with E-state index in [-0.39, 0.29) is 17.6 Å². The lowest BCUT2D eigenvalue weighted by Crippen LogP contribution is -2.50. The van der Waals surface area contributed by atoms with Crippen molar-refractivity contribution in [2.75, 3.05) is 19.3 Å². The number of nitrogens with one attached hydrogen (secondary N) is 1. The van der Waals surface area contributed by atoms with Crippen LogP contribution in [0.15, 0.2) is 48.5 Å². The molecule has 0 heterocycles. The zero-order chi connectivity index (χ0) is 21.2. The summed E-state index contributed by atoms with van der Waals surface area (Å²) < 4.78 is 0.